The monoisotopic (exact) mass is 332 g/mol. The Labute approximate surface area is 142 Å². The molecular formula is C18H21ClN2O2. The average molecular weight is 333 g/mol. The zero-order chi connectivity index (χ0) is 15.2. The topological polar surface area (TPSA) is 59.5 Å². The van der Waals surface area contributed by atoms with Crippen LogP contribution in [0.15, 0.2) is 41.0 Å². The van der Waals surface area contributed by atoms with Gasteiger partial charge in [-0.05, 0) is 30.5 Å². The molecule has 1 aromatic heterocycles. The molecule has 0 radical (unpaired) electrons. The molecular weight excluding hydrogens is 312 g/mol. The fourth-order valence-electron chi connectivity index (χ4n) is 4.05. The predicted octanol–water partition coefficient (Wildman–Crippen LogP) is 3.63. The summed E-state index contributed by atoms with van der Waals surface area (Å²) >= 11 is 0. The minimum absolute atomic E-state index is 0. The first-order valence-corrected chi connectivity index (χ1v) is 7.92. The fraction of sp³-hybridized carbons (Fsp3) is 0.389. The summed E-state index contributed by atoms with van der Waals surface area (Å²) in [6.07, 6.45) is 6.37. The Morgan fingerprint density at radius 1 is 1.26 bits per heavy atom. The molecule has 2 heterocycles. The lowest BCUT2D eigenvalue weighted by atomic mass is 9.81. The summed E-state index contributed by atoms with van der Waals surface area (Å²) in [5.41, 5.74) is 8.71. The van der Waals surface area contributed by atoms with Crippen LogP contribution in [0.3, 0.4) is 0 Å². The zero-order valence-corrected chi connectivity index (χ0v) is 13.8. The van der Waals surface area contributed by atoms with Gasteiger partial charge in [0.2, 0.25) is 0 Å². The summed E-state index contributed by atoms with van der Waals surface area (Å²) < 4.78 is 5.33. The highest BCUT2D eigenvalue weighted by Gasteiger charge is 2.46. The van der Waals surface area contributed by atoms with Crippen molar-refractivity contribution in [2.75, 3.05) is 11.4 Å². The van der Waals surface area contributed by atoms with Gasteiger partial charge in [-0.1, -0.05) is 31.0 Å². The van der Waals surface area contributed by atoms with Gasteiger partial charge in [-0.25, -0.2) is 0 Å². The number of benzene rings is 1. The molecule has 0 unspecified atom stereocenters. The minimum Gasteiger partial charge on any atom is -0.467 e. The van der Waals surface area contributed by atoms with Crippen LogP contribution >= 0.6 is 12.4 Å². The molecule has 1 aromatic carbocycles. The second kappa shape index (κ2) is 6.02. The number of carbonyl (C=O) groups excluding carboxylic acids is 1. The number of furan rings is 1. The third kappa shape index (κ3) is 2.46. The highest BCUT2D eigenvalue weighted by molar-refractivity contribution is 6.07. The Kier molecular flexibility index (Phi) is 4.21. The summed E-state index contributed by atoms with van der Waals surface area (Å²) in [6, 6.07) is 10.1. The van der Waals surface area contributed by atoms with Crippen molar-refractivity contribution in [2.24, 2.45) is 5.73 Å². The quantitative estimate of drug-likeness (QED) is 0.913. The third-order valence-corrected chi connectivity index (χ3v) is 5.13. The summed E-state index contributed by atoms with van der Waals surface area (Å²) in [6.45, 7) is 1.10. The number of hydrogen-bond acceptors (Lipinski definition) is 3. The number of nitrogens with zero attached hydrogens (tertiary/aromatic N) is 1. The molecule has 2 N–H and O–H groups in total. The van der Waals surface area contributed by atoms with E-state index in [0.29, 0.717) is 17.9 Å². The van der Waals surface area contributed by atoms with Crippen LogP contribution in [0.2, 0.25) is 0 Å². The lowest BCUT2D eigenvalue weighted by Crippen LogP contribution is -2.35. The van der Waals surface area contributed by atoms with E-state index in [-0.39, 0.29) is 23.7 Å². The van der Waals surface area contributed by atoms with Gasteiger partial charge in [0.25, 0.3) is 5.91 Å². The van der Waals surface area contributed by atoms with E-state index in [0.717, 1.165) is 12.2 Å². The molecule has 0 bridgehead atoms. The lowest BCUT2D eigenvalue weighted by molar-refractivity contribution is 0.0984. The Morgan fingerprint density at radius 3 is 2.70 bits per heavy atom. The molecule has 5 heteroatoms. The molecule has 2 aromatic rings. The largest absolute Gasteiger partial charge is 0.467 e. The van der Waals surface area contributed by atoms with Crippen LogP contribution in [0.1, 0.15) is 47.4 Å². The Hall–Kier alpha value is -1.78. The van der Waals surface area contributed by atoms with E-state index >= 15 is 0 Å². The SMILES string of the molecule is Cl.NCc1cc(C(=O)N2CC3(CCCC3)c3ccccc32)co1. The Morgan fingerprint density at radius 2 is 2.00 bits per heavy atom. The fourth-order valence-corrected chi connectivity index (χ4v) is 4.05. The van der Waals surface area contributed by atoms with Gasteiger partial charge in [0.05, 0.1) is 12.1 Å². The Bertz CT molecular complexity index is 719. The van der Waals surface area contributed by atoms with Gasteiger partial charge in [0, 0.05) is 17.6 Å². The van der Waals surface area contributed by atoms with E-state index in [4.69, 9.17) is 10.2 Å². The van der Waals surface area contributed by atoms with Gasteiger partial charge in [-0.3, -0.25) is 4.79 Å². The summed E-state index contributed by atoms with van der Waals surface area (Å²) in [7, 11) is 0. The molecule has 0 saturated heterocycles. The van der Waals surface area contributed by atoms with Crippen molar-refractivity contribution >= 4 is 24.0 Å². The van der Waals surface area contributed by atoms with Crippen molar-refractivity contribution in [3.05, 3.63) is 53.5 Å². The predicted molar refractivity (Wildman–Crippen MR) is 92.1 cm³/mol. The Balaban J connectivity index is 0.00000156. The standard InChI is InChI=1S/C18H20N2O2.ClH/c19-10-14-9-13(11-22-14)17(21)20-12-18(7-3-4-8-18)15-5-1-2-6-16(15)20;/h1-2,5-6,9,11H,3-4,7-8,10,12,19H2;1H. The number of fused-ring (bicyclic) bond motifs is 2. The zero-order valence-electron chi connectivity index (χ0n) is 13.0. The van der Waals surface area contributed by atoms with E-state index in [1.54, 1.807) is 6.07 Å². The van der Waals surface area contributed by atoms with Gasteiger partial charge >= 0.3 is 0 Å². The second-order valence-electron chi connectivity index (χ2n) is 6.40. The molecule has 23 heavy (non-hydrogen) atoms. The van der Waals surface area contributed by atoms with E-state index < -0.39 is 0 Å². The third-order valence-electron chi connectivity index (χ3n) is 5.13. The smallest absolute Gasteiger partial charge is 0.261 e. The molecule has 1 spiro atoms. The second-order valence-corrected chi connectivity index (χ2v) is 6.40. The van der Waals surface area contributed by atoms with E-state index in [9.17, 15) is 4.79 Å². The summed E-state index contributed by atoms with van der Waals surface area (Å²) in [5.74, 6) is 0.658. The van der Waals surface area contributed by atoms with Crippen molar-refractivity contribution < 1.29 is 9.21 Å². The highest BCUT2D eigenvalue weighted by Crippen LogP contribution is 2.50. The molecule has 1 aliphatic heterocycles. The highest BCUT2D eigenvalue weighted by atomic mass is 35.5. The number of nitrogens with two attached hydrogens (primary N) is 1. The van der Waals surface area contributed by atoms with Gasteiger partial charge in [-0.15, -0.1) is 12.4 Å². The number of hydrogen-bond donors (Lipinski definition) is 1. The van der Waals surface area contributed by atoms with E-state index in [1.165, 1.54) is 37.5 Å². The first-order chi connectivity index (χ1) is 10.7. The number of anilines is 1. The first-order valence-electron chi connectivity index (χ1n) is 7.92. The molecule has 2 aliphatic rings. The van der Waals surface area contributed by atoms with Crippen LogP contribution in [0.5, 0.6) is 0 Å². The molecule has 1 saturated carbocycles. The van der Waals surface area contributed by atoms with Gasteiger partial charge < -0.3 is 15.1 Å². The number of carbonyl (C=O) groups is 1. The average Bonchev–Trinajstić information content (AvgIpc) is 3.28. The molecule has 1 fully saturated rings. The normalized spacial score (nSPS) is 18.0. The maximum Gasteiger partial charge on any atom is 0.261 e. The first kappa shape index (κ1) is 16.1. The van der Waals surface area contributed by atoms with E-state index in [1.807, 2.05) is 11.0 Å². The van der Waals surface area contributed by atoms with Crippen molar-refractivity contribution in [2.45, 2.75) is 37.6 Å². The summed E-state index contributed by atoms with van der Waals surface area (Å²) in [5, 5.41) is 0. The molecule has 4 nitrogen and oxygen atoms in total. The maximum atomic E-state index is 12.9. The molecule has 0 atom stereocenters. The van der Waals surface area contributed by atoms with Crippen LogP contribution in [-0.2, 0) is 12.0 Å². The number of rotatable bonds is 2. The van der Waals surface area contributed by atoms with Gasteiger partial charge in [0.1, 0.15) is 12.0 Å². The van der Waals surface area contributed by atoms with Crippen molar-refractivity contribution in [1.29, 1.82) is 0 Å². The molecule has 1 amide bonds. The molecule has 4 rings (SSSR count). The van der Waals surface area contributed by atoms with Crippen LogP contribution in [0.4, 0.5) is 5.69 Å². The van der Waals surface area contributed by atoms with Crippen molar-refractivity contribution in [3.8, 4) is 0 Å². The van der Waals surface area contributed by atoms with Crippen molar-refractivity contribution in [3.63, 3.8) is 0 Å². The maximum absolute atomic E-state index is 12.9. The van der Waals surface area contributed by atoms with Crippen LogP contribution in [0, 0.1) is 0 Å². The van der Waals surface area contributed by atoms with E-state index in [2.05, 4.69) is 18.2 Å². The lowest BCUT2D eigenvalue weighted by Gasteiger charge is -2.24. The number of para-hydroxylation sites is 1. The van der Waals surface area contributed by atoms with Crippen molar-refractivity contribution in [1.82, 2.24) is 0 Å². The number of halogens is 1. The van der Waals surface area contributed by atoms with Crippen LogP contribution in [-0.4, -0.2) is 12.5 Å². The van der Waals surface area contributed by atoms with Crippen LogP contribution < -0.4 is 10.6 Å². The summed E-state index contributed by atoms with van der Waals surface area (Å²) in [4.78, 5) is 14.8. The van der Waals surface area contributed by atoms with Gasteiger partial charge in [-0.2, -0.15) is 0 Å². The number of amides is 1. The van der Waals surface area contributed by atoms with Crippen LogP contribution in [0.25, 0.3) is 0 Å². The minimum atomic E-state index is 0. The molecule has 1 aliphatic carbocycles. The van der Waals surface area contributed by atoms with Gasteiger partial charge in [0.15, 0.2) is 0 Å². The molecule has 122 valence electrons.